The first-order chi connectivity index (χ1) is 13.1. The molecule has 3 aromatic carbocycles. The number of ether oxygens (including phenoxy) is 2. The summed E-state index contributed by atoms with van der Waals surface area (Å²) in [6, 6.07) is 20.6. The lowest BCUT2D eigenvalue weighted by Gasteiger charge is -2.27. The molecule has 0 spiro atoms. The van der Waals surface area contributed by atoms with Crippen LogP contribution < -0.4 is 14.8 Å². The molecule has 4 rings (SSSR count). The highest BCUT2D eigenvalue weighted by atomic mass is 19.3. The Balaban J connectivity index is 1.71. The van der Waals surface area contributed by atoms with Crippen LogP contribution in [-0.2, 0) is 4.79 Å². The maximum absolute atomic E-state index is 13.1. The molecule has 136 valence electrons. The maximum Gasteiger partial charge on any atom is 0.387 e. The van der Waals surface area contributed by atoms with Gasteiger partial charge >= 0.3 is 6.61 Å². The Morgan fingerprint density at radius 2 is 1.44 bits per heavy atom. The summed E-state index contributed by atoms with van der Waals surface area (Å²) in [5.41, 5.74) is 1.60. The summed E-state index contributed by atoms with van der Waals surface area (Å²) in [4.78, 5) is 13.1. The first kappa shape index (κ1) is 17.0. The van der Waals surface area contributed by atoms with Crippen molar-refractivity contribution >= 4 is 11.6 Å². The zero-order valence-corrected chi connectivity index (χ0v) is 14.1. The van der Waals surface area contributed by atoms with E-state index in [9.17, 15) is 13.6 Å². The number of anilines is 1. The number of alkyl halides is 2. The van der Waals surface area contributed by atoms with Crippen LogP contribution >= 0.6 is 0 Å². The highest BCUT2D eigenvalue weighted by Crippen LogP contribution is 2.44. The molecular formula is C21H15F2NO3. The predicted molar refractivity (Wildman–Crippen MR) is 96.5 cm³/mol. The number of carbonyl (C=O) groups is 1. The molecule has 0 atom stereocenters. The molecule has 1 amide bonds. The molecule has 1 aliphatic rings. The van der Waals surface area contributed by atoms with Gasteiger partial charge in [-0.1, -0.05) is 48.5 Å². The summed E-state index contributed by atoms with van der Waals surface area (Å²) in [6.07, 6.45) is 0. The number of hydrogen-bond acceptors (Lipinski definition) is 3. The van der Waals surface area contributed by atoms with E-state index in [2.05, 4.69) is 10.1 Å². The second kappa shape index (κ2) is 7.07. The molecule has 3 aromatic rings. The third-order valence-corrected chi connectivity index (χ3v) is 4.30. The molecule has 1 heterocycles. The molecule has 0 fully saturated rings. The van der Waals surface area contributed by atoms with Crippen LogP contribution in [0.5, 0.6) is 17.2 Å². The van der Waals surface area contributed by atoms with Gasteiger partial charge in [0.15, 0.2) is 0 Å². The first-order valence-corrected chi connectivity index (χ1v) is 8.34. The molecule has 0 saturated carbocycles. The van der Waals surface area contributed by atoms with Gasteiger partial charge in [0.05, 0.1) is 11.6 Å². The van der Waals surface area contributed by atoms with Gasteiger partial charge in [0.1, 0.15) is 17.2 Å². The van der Waals surface area contributed by atoms with E-state index in [1.54, 1.807) is 24.3 Å². The molecule has 0 aliphatic carbocycles. The number of carbonyl (C=O) groups excluding carboxylic acids is 1. The van der Waals surface area contributed by atoms with Crippen LogP contribution in [0.15, 0.2) is 72.8 Å². The lowest BCUT2D eigenvalue weighted by atomic mass is 9.87. The van der Waals surface area contributed by atoms with Crippen LogP contribution in [0.1, 0.15) is 17.0 Å². The topological polar surface area (TPSA) is 47.6 Å². The summed E-state index contributed by atoms with van der Waals surface area (Å²) in [5.74, 6) is 0.102. The molecule has 4 nitrogen and oxygen atoms in total. The van der Waals surface area contributed by atoms with Crippen molar-refractivity contribution in [1.29, 1.82) is 0 Å². The minimum atomic E-state index is -2.98. The Labute approximate surface area is 154 Å². The second-order valence-electron chi connectivity index (χ2n) is 5.97. The Morgan fingerprint density at radius 3 is 2.07 bits per heavy atom. The van der Waals surface area contributed by atoms with E-state index in [0.717, 1.165) is 0 Å². The summed E-state index contributed by atoms with van der Waals surface area (Å²) in [6.45, 7) is -2.98. The lowest BCUT2D eigenvalue weighted by molar-refractivity contribution is -0.117. The zero-order valence-electron chi connectivity index (χ0n) is 14.1. The molecule has 0 aromatic heterocycles. The fourth-order valence-corrected chi connectivity index (χ4v) is 3.17. The van der Waals surface area contributed by atoms with Gasteiger partial charge in [-0.05, 0) is 24.3 Å². The number of nitrogens with one attached hydrogen (secondary N) is 1. The van der Waals surface area contributed by atoms with E-state index in [1.165, 1.54) is 12.1 Å². The van der Waals surface area contributed by atoms with Crippen molar-refractivity contribution in [1.82, 2.24) is 0 Å². The number of fused-ring (bicyclic) bond motifs is 2. The fraction of sp³-hybridized carbons (Fsp3) is 0.0952. The predicted octanol–water partition coefficient (Wildman–Crippen LogP) is 5.16. The van der Waals surface area contributed by atoms with E-state index >= 15 is 0 Å². The van der Waals surface area contributed by atoms with Crippen molar-refractivity contribution < 1.29 is 23.0 Å². The van der Waals surface area contributed by atoms with Gasteiger partial charge in [0.25, 0.3) is 0 Å². The molecule has 1 N–H and O–H groups in total. The van der Waals surface area contributed by atoms with Crippen molar-refractivity contribution in [2.24, 2.45) is 0 Å². The number of halogens is 2. The molecule has 0 radical (unpaired) electrons. The van der Waals surface area contributed by atoms with Crippen LogP contribution in [0.25, 0.3) is 0 Å². The fourth-order valence-electron chi connectivity index (χ4n) is 3.17. The minimum Gasteiger partial charge on any atom is -0.457 e. The SMILES string of the molecule is O=C(Nc1ccccc1OC(F)F)C1c2ccccc2Oc2ccccc21. The van der Waals surface area contributed by atoms with Crippen molar-refractivity contribution in [3.63, 3.8) is 0 Å². The number of amides is 1. The van der Waals surface area contributed by atoms with Crippen molar-refractivity contribution in [2.45, 2.75) is 12.5 Å². The normalized spacial score (nSPS) is 12.7. The Kier molecular flexibility index (Phi) is 4.46. The Bertz CT molecular complexity index is 945. The van der Waals surface area contributed by atoms with Crippen LogP contribution in [0, 0.1) is 0 Å². The summed E-state index contributed by atoms with van der Waals surface area (Å²) in [5, 5.41) is 2.71. The average molecular weight is 367 g/mol. The minimum absolute atomic E-state index is 0.0884. The van der Waals surface area contributed by atoms with Crippen LogP contribution in [0.2, 0.25) is 0 Å². The third kappa shape index (κ3) is 3.33. The van der Waals surface area contributed by atoms with E-state index in [1.807, 2.05) is 36.4 Å². The monoisotopic (exact) mass is 367 g/mol. The van der Waals surface area contributed by atoms with Crippen LogP contribution in [0.3, 0.4) is 0 Å². The highest BCUT2D eigenvalue weighted by Gasteiger charge is 2.32. The molecular weight excluding hydrogens is 352 g/mol. The number of para-hydroxylation sites is 4. The quantitative estimate of drug-likeness (QED) is 0.692. The zero-order chi connectivity index (χ0) is 18.8. The van der Waals surface area contributed by atoms with Crippen molar-refractivity contribution in [3.8, 4) is 17.2 Å². The third-order valence-electron chi connectivity index (χ3n) is 4.30. The van der Waals surface area contributed by atoms with E-state index in [-0.39, 0.29) is 17.3 Å². The molecule has 0 bridgehead atoms. The largest absolute Gasteiger partial charge is 0.457 e. The first-order valence-electron chi connectivity index (χ1n) is 8.34. The van der Waals surface area contributed by atoms with Gasteiger partial charge in [-0.3, -0.25) is 4.79 Å². The number of benzene rings is 3. The molecule has 6 heteroatoms. The van der Waals surface area contributed by atoms with Gasteiger partial charge in [0.2, 0.25) is 5.91 Å². The van der Waals surface area contributed by atoms with Crippen LogP contribution in [0.4, 0.5) is 14.5 Å². The average Bonchev–Trinajstić information content (AvgIpc) is 2.67. The van der Waals surface area contributed by atoms with E-state index in [4.69, 9.17) is 4.74 Å². The number of hydrogen-bond donors (Lipinski definition) is 1. The Hall–Kier alpha value is -3.41. The molecule has 0 unspecified atom stereocenters. The van der Waals surface area contributed by atoms with Crippen molar-refractivity contribution in [3.05, 3.63) is 83.9 Å². The van der Waals surface area contributed by atoms with E-state index < -0.39 is 12.5 Å². The summed E-state index contributed by atoms with van der Waals surface area (Å²) in [7, 11) is 0. The highest BCUT2D eigenvalue weighted by molar-refractivity contribution is 6.00. The van der Waals surface area contributed by atoms with Crippen molar-refractivity contribution in [2.75, 3.05) is 5.32 Å². The molecule has 27 heavy (non-hydrogen) atoms. The van der Waals surface area contributed by atoms with Gasteiger partial charge in [-0.25, -0.2) is 0 Å². The second-order valence-corrected chi connectivity index (χ2v) is 5.97. The van der Waals surface area contributed by atoms with Gasteiger partial charge < -0.3 is 14.8 Å². The molecule has 1 aliphatic heterocycles. The summed E-state index contributed by atoms with van der Waals surface area (Å²) >= 11 is 0. The van der Waals surface area contributed by atoms with Gasteiger partial charge in [0, 0.05) is 11.1 Å². The standard InChI is InChI=1S/C21H15F2NO3/c22-21(23)27-18-12-6-3-9-15(18)24-20(25)19-13-7-1-4-10-16(13)26-17-11-5-2-8-14(17)19/h1-12,19,21H,(H,24,25). The lowest BCUT2D eigenvalue weighted by Crippen LogP contribution is -2.25. The van der Waals surface area contributed by atoms with Gasteiger partial charge in [-0.2, -0.15) is 8.78 Å². The summed E-state index contributed by atoms with van der Waals surface area (Å²) < 4.78 is 35.7. The molecule has 0 saturated heterocycles. The smallest absolute Gasteiger partial charge is 0.387 e. The van der Waals surface area contributed by atoms with Gasteiger partial charge in [-0.15, -0.1) is 0 Å². The Morgan fingerprint density at radius 1 is 0.889 bits per heavy atom. The maximum atomic E-state index is 13.1. The van der Waals surface area contributed by atoms with Crippen LogP contribution in [-0.4, -0.2) is 12.5 Å². The number of rotatable bonds is 4. The van der Waals surface area contributed by atoms with E-state index in [0.29, 0.717) is 22.6 Å².